The number of ether oxygens (including phenoxy) is 5. The quantitative estimate of drug-likeness (QED) is 0.188. The van der Waals surface area contributed by atoms with Gasteiger partial charge in [0.05, 0.1) is 52.9 Å². The van der Waals surface area contributed by atoms with E-state index in [1.165, 1.54) is 0 Å². The third-order valence-corrected chi connectivity index (χ3v) is 3.42. The van der Waals surface area contributed by atoms with Gasteiger partial charge >= 0.3 is 12.1 Å². The van der Waals surface area contributed by atoms with Crippen molar-refractivity contribution in [2.24, 2.45) is 0 Å². The smallest absolute Gasteiger partial charge is 0.431 e. The standard InChI is InChI=1S/C19H32N2O11/c1-19(2,3)31-18(25)20-30-13-12-28-9-8-26-6-7-27-10-11-29-14-17(24)32-21-15(22)4-5-16(21)23/h4-14H2,1-3H3,(H,20,25). The number of carbonyl (C=O) groups is 4. The van der Waals surface area contributed by atoms with Gasteiger partial charge in [-0.3, -0.25) is 14.4 Å². The molecule has 1 heterocycles. The van der Waals surface area contributed by atoms with E-state index in [9.17, 15) is 19.2 Å². The van der Waals surface area contributed by atoms with E-state index in [-0.39, 0.29) is 39.3 Å². The van der Waals surface area contributed by atoms with Crippen LogP contribution in [0.4, 0.5) is 4.79 Å². The van der Waals surface area contributed by atoms with Crippen molar-refractivity contribution in [3.63, 3.8) is 0 Å². The van der Waals surface area contributed by atoms with Gasteiger partial charge in [0.15, 0.2) is 0 Å². The van der Waals surface area contributed by atoms with Gasteiger partial charge < -0.3 is 28.5 Å². The van der Waals surface area contributed by atoms with Crippen molar-refractivity contribution in [1.29, 1.82) is 0 Å². The summed E-state index contributed by atoms with van der Waals surface area (Å²) in [5, 5.41) is 0.469. The third-order valence-electron chi connectivity index (χ3n) is 3.42. The summed E-state index contributed by atoms with van der Waals surface area (Å²) >= 11 is 0. The summed E-state index contributed by atoms with van der Waals surface area (Å²) in [5.41, 5.74) is 1.56. The van der Waals surface area contributed by atoms with Crippen LogP contribution in [0.1, 0.15) is 33.6 Å². The SMILES string of the molecule is CC(C)(C)OC(=O)NOCCOCCOCCOCCOCC(=O)ON1C(=O)CCC1=O. The monoisotopic (exact) mass is 464 g/mol. The van der Waals surface area contributed by atoms with Gasteiger partial charge in [0, 0.05) is 12.8 Å². The molecule has 1 aliphatic rings. The van der Waals surface area contributed by atoms with Gasteiger partial charge in [-0.25, -0.2) is 9.59 Å². The van der Waals surface area contributed by atoms with Crippen molar-refractivity contribution < 1.29 is 52.5 Å². The normalized spacial score (nSPS) is 14.0. The van der Waals surface area contributed by atoms with Crippen LogP contribution in [0.15, 0.2) is 0 Å². The van der Waals surface area contributed by atoms with Crippen molar-refractivity contribution in [3.05, 3.63) is 0 Å². The number of hydroxylamine groups is 3. The molecule has 1 fully saturated rings. The van der Waals surface area contributed by atoms with Gasteiger partial charge in [-0.2, -0.15) is 5.48 Å². The van der Waals surface area contributed by atoms with Crippen LogP contribution in [-0.4, -0.2) is 94.0 Å². The number of amides is 3. The Morgan fingerprint density at radius 1 is 0.812 bits per heavy atom. The van der Waals surface area contributed by atoms with E-state index in [0.29, 0.717) is 31.5 Å². The Bertz CT molecular complexity index is 591. The molecule has 0 aromatic rings. The second-order valence-corrected chi connectivity index (χ2v) is 7.39. The topological polar surface area (TPSA) is 148 Å². The minimum atomic E-state index is -0.831. The lowest BCUT2D eigenvalue weighted by Crippen LogP contribution is -2.33. The molecular formula is C19H32N2O11. The number of imide groups is 1. The molecule has 3 amide bonds. The molecule has 0 saturated carbocycles. The van der Waals surface area contributed by atoms with Gasteiger partial charge in [-0.1, -0.05) is 0 Å². The summed E-state index contributed by atoms with van der Waals surface area (Å²) in [6.45, 7) is 7.05. The second-order valence-electron chi connectivity index (χ2n) is 7.39. The summed E-state index contributed by atoms with van der Waals surface area (Å²) in [6.07, 6.45) is -0.589. The lowest BCUT2D eigenvalue weighted by atomic mass is 10.2. The van der Waals surface area contributed by atoms with E-state index in [1.807, 2.05) is 0 Å². The minimum absolute atomic E-state index is 0.0384. The van der Waals surface area contributed by atoms with Crippen LogP contribution in [0.2, 0.25) is 0 Å². The first-order chi connectivity index (χ1) is 15.2. The highest BCUT2D eigenvalue weighted by Gasteiger charge is 2.32. The molecule has 0 aliphatic carbocycles. The van der Waals surface area contributed by atoms with Crippen LogP contribution in [0.25, 0.3) is 0 Å². The summed E-state index contributed by atoms with van der Waals surface area (Å²) in [6, 6.07) is 0. The van der Waals surface area contributed by atoms with E-state index in [0.717, 1.165) is 0 Å². The Labute approximate surface area is 186 Å². The van der Waals surface area contributed by atoms with Gasteiger partial charge in [0.25, 0.3) is 11.8 Å². The van der Waals surface area contributed by atoms with Crippen LogP contribution in [0, 0.1) is 0 Å². The average Bonchev–Trinajstić information content (AvgIpc) is 3.01. The van der Waals surface area contributed by atoms with Crippen molar-refractivity contribution in [2.75, 3.05) is 59.5 Å². The first kappa shape index (κ1) is 27.7. The molecule has 13 nitrogen and oxygen atoms in total. The fourth-order valence-corrected chi connectivity index (χ4v) is 2.11. The maximum atomic E-state index is 11.5. The zero-order chi connectivity index (χ0) is 23.8. The summed E-state index contributed by atoms with van der Waals surface area (Å²) < 4.78 is 25.9. The molecule has 1 N–H and O–H groups in total. The maximum Gasteiger partial charge on any atom is 0.431 e. The Balaban J connectivity index is 1.81. The number of rotatable bonds is 16. The van der Waals surface area contributed by atoms with Crippen LogP contribution >= 0.6 is 0 Å². The van der Waals surface area contributed by atoms with Crippen molar-refractivity contribution in [3.8, 4) is 0 Å². The summed E-state index contributed by atoms with van der Waals surface area (Å²) in [7, 11) is 0. The highest BCUT2D eigenvalue weighted by molar-refractivity contribution is 6.01. The molecule has 1 rings (SSSR count). The van der Waals surface area contributed by atoms with E-state index >= 15 is 0 Å². The number of nitrogens with zero attached hydrogens (tertiary/aromatic N) is 1. The van der Waals surface area contributed by atoms with Gasteiger partial charge in [-0.05, 0) is 20.8 Å². The van der Waals surface area contributed by atoms with Crippen LogP contribution in [0.3, 0.4) is 0 Å². The number of hydrogen-bond donors (Lipinski definition) is 1. The second kappa shape index (κ2) is 15.5. The fourth-order valence-electron chi connectivity index (χ4n) is 2.11. The molecule has 0 spiro atoms. The third kappa shape index (κ3) is 13.9. The average molecular weight is 464 g/mol. The van der Waals surface area contributed by atoms with E-state index in [4.69, 9.17) is 28.5 Å². The molecule has 32 heavy (non-hydrogen) atoms. The number of hydrogen-bond acceptors (Lipinski definition) is 11. The largest absolute Gasteiger partial charge is 0.442 e. The van der Waals surface area contributed by atoms with Crippen molar-refractivity contribution in [2.45, 2.75) is 39.2 Å². The minimum Gasteiger partial charge on any atom is -0.442 e. The first-order valence-electron chi connectivity index (χ1n) is 10.2. The van der Waals surface area contributed by atoms with Crippen molar-refractivity contribution in [1.82, 2.24) is 10.5 Å². The van der Waals surface area contributed by atoms with Gasteiger partial charge in [-0.15, -0.1) is 5.06 Å². The Kier molecular flexibility index (Phi) is 13.4. The molecule has 0 aromatic heterocycles. The molecule has 0 aromatic carbocycles. The zero-order valence-electron chi connectivity index (χ0n) is 18.7. The number of nitrogens with one attached hydrogen (secondary N) is 1. The molecule has 0 unspecified atom stereocenters. The lowest BCUT2D eigenvalue weighted by Gasteiger charge is -2.19. The van der Waals surface area contributed by atoms with E-state index < -0.39 is 36.1 Å². The highest BCUT2D eigenvalue weighted by Crippen LogP contribution is 2.12. The molecular weight excluding hydrogens is 432 g/mol. The maximum absolute atomic E-state index is 11.5. The molecule has 0 radical (unpaired) electrons. The van der Waals surface area contributed by atoms with E-state index in [2.05, 4.69) is 10.3 Å². The first-order valence-corrected chi connectivity index (χ1v) is 10.2. The zero-order valence-corrected chi connectivity index (χ0v) is 18.7. The summed E-state index contributed by atoms with van der Waals surface area (Å²) in [5.74, 6) is -1.91. The Hall–Kier alpha value is -2.32. The predicted octanol–water partition coefficient (Wildman–Crippen LogP) is 0.116. The molecule has 0 bridgehead atoms. The predicted molar refractivity (Wildman–Crippen MR) is 106 cm³/mol. The molecule has 184 valence electrons. The number of carbonyl (C=O) groups excluding carboxylic acids is 4. The Morgan fingerprint density at radius 2 is 1.28 bits per heavy atom. The highest BCUT2D eigenvalue weighted by atomic mass is 16.7. The molecule has 1 saturated heterocycles. The van der Waals surface area contributed by atoms with Gasteiger partial charge in [0.2, 0.25) is 0 Å². The fraction of sp³-hybridized carbons (Fsp3) is 0.789. The van der Waals surface area contributed by atoms with Crippen LogP contribution in [0.5, 0.6) is 0 Å². The molecule has 13 heteroatoms. The molecule has 0 atom stereocenters. The Morgan fingerprint density at radius 3 is 1.78 bits per heavy atom. The van der Waals surface area contributed by atoms with Gasteiger partial charge in [0.1, 0.15) is 12.2 Å². The van der Waals surface area contributed by atoms with E-state index in [1.54, 1.807) is 20.8 Å². The van der Waals surface area contributed by atoms with Crippen LogP contribution in [-0.2, 0) is 47.7 Å². The summed E-state index contributed by atoms with van der Waals surface area (Å²) in [4.78, 5) is 55.0. The van der Waals surface area contributed by atoms with Crippen molar-refractivity contribution >= 4 is 23.9 Å². The molecule has 1 aliphatic heterocycles. The van der Waals surface area contributed by atoms with Crippen LogP contribution < -0.4 is 5.48 Å². The lowest BCUT2D eigenvalue weighted by molar-refractivity contribution is -0.200.